The Kier molecular flexibility index (Phi) is 9.13. The van der Waals surface area contributed by atoms with Gasteiger partial charge in [-0.1, -0.05) is 48.6 Å². The van der Waals surface area contributed by atoms with Crippen LogP contribution in [0.15, 0.2) is 55.1 Å². The van der Waals surface area contributed by atoms with Gasteiger partial charge in [0.15, 0.2) is 11.6 Å². The van der Waals surface area contributed by atoms with Gasteiger partial charge in [-0.05, 0) is 118 Å². The highest BCUT2D eigenvalue weighted by molar-refractivity contribution is 5.46. The average Bonchev–Trinajstić information content (AvgIpc) is 2.89. The fourth-order valence-corrected chi connectivity index (χ4v) is 6.22. The molecule has 4 atom stereocenters. The molecule has 0 spiro atoms. The molecule has 2 aliphatic carbocycles. The summed E-state index contributed by atoms with van der Waals surface area (Å²) in [5.41, 5.74) is 1.49. The number of hydrogen-bond acceptors (Lipinski definition) is 0. The lowest BCUT2D eigenvalue weighted by Crippen LogP contribution is -2.30. The van der Waals surface area contributed by atoms with Crippen molar-refractivity contribution in [3.8, 4) is 11.8 Å². The first-order valence-corrected chi connectivity index (χ1v) is 13.5. The summed E-state index contributed by atoms with van der Waals surface area (Å²) in [6.07, 6.45) is 16.8. The van der Waals surface area contributed by atoms with Gasteiger partial charge in [-0.3, -0.25) is 0 Å². The number of fused-ring (bicyclic) bond motifs is 1. The molecule has 0 amide bonds. The van der Waals surface area contributed by atoms with Crippen molar-refractivity contribution in [2.75, 3.05) is 0 Å². The number of halogens is 3. The minimum Gasteiger partial charge on any atom is -0.206 e. The lowest BCUT2D eigenvalue weighted by atomic mass is 9.63. The molecule has 0 aromatic heterocycles. The molecule has 2 aromatic carbocycles. The summed E-state index contributed by atoms with van der Waals surface area (Å²) in [6, 6.07) is 8.10. The lowest BCUT2D eigenvalue weighted by molar-refractivity contribution is 0.114. The van der Waals surface area contributed by atoms with E-state index >= 15 is 4.39 Å². The summed E-state index contributed by atoms with van der Waals surface area (Å²) in [6.45, 7) is 5.75. The Labute approximate surface area is 214 Å². The summed E-state index contributed by atoms with van der Waals surface area (Å²) < 4.78 is 44.5. The fraction of sp³-hybridized carbons (Fsp3) is 0.455. The molecule has 0 aliphatic heterocycles. The molecular weight excluding hydrogens is 453 g/mol. The molecule has 0 heterocycles. The Morgan fingerprint density at radius 2 is 1.64 bits per heavy atom. The predicted octanol–water partition coefficient (Wildman–Crippen LogP) is 9.28. The normalized spacial score (nSPS) is 23.7. The van der Waals surface area contributed by atoms with E-state index in [-0.39, 0.29) is 17.0 Å². The van der Waals surface area contributed by atoms with E-state index in [0.29, 0.717) is 17.9 Å². The van der Waals surface area contributed by atoms with Crippen LogP contribution < -0.4 is 0 Å². The molecule has 4 rings (SSSR count). The molecule has 0 N–H and O–H groups in total. The van der Waals surface area contributed by atoms with Crippen molar-refractivity contribution in [1.82, 2.24) is 0 Å². The van der Waals surface area contributed by atoms with Gasteiger partial charge in [0, 0.05) is 0 Å². The van der Waals surface area contributed by atoms with Gasteiger partial charge in [0.2, 0.25) is 0 Å². The molecule has 36 heavy (non-hydrogen) atoms. The van der Waals surface area contributed by atoms with E-state index in [9.17, 15) is 8.78 Å². The smallest absolute Gasteiger partial charge is 0.174 e. The van der Waals surface area contributed by atoms with Gasteiger partial charge in [-0.15, -0.1) is 6.58 Å². The van der Waals surface area contributed by atoms with Crippen LogP contribution in [0.25, 0.3) is 0 Å². The number of benzene rings is 2. The van der Waals surface area contributed by atoms with E-state index in [1.807, 2.05) is 6.07 Å². The summed E-state index contributed by atoms with van der Waals surface area (Å²) in [5, 5.41) is 0. The van der Waals surface area contributed by atoms with E-state index in [1.165, 1.54) is 31.7 Å². The van der Waals surface area contributed by atoms with Crippen molar-refractivity contribution in [2.24, 2.45) is 17.8 Å². The first-order chi connectivity index (χ1) is 17.5. The number of hydrogen-bond donors (Lipinski definition) is 0. The molecule has 0 bridgehead atoms. The third kappa shape index (κ3) is 6.33. The van der Waals surface area contributed by atoms with Gasteiger partial charge in [0.25, 0.3) is 0 Å². The Balaban J connectivity index is 1.42. The zero-order chi connectivity index (χ0) is 25.5. The number of allylic oxidation sites excluding steroid dienone is 3. The molecule has 0 saturated heterocycles. The Bertz CT molecular complexity index is 1150. The maximum Gasteiger partial charge on any atom is 0.174 e. The first kappa shape index (κ1) is 26.3. The number of rotatable bonds is 7. The molecule has 190 valence electrons. The van der Waals surface area contributed by atoms with Crippen molar-refractivity contribution < 1.29 is 13.2 Å². The van der Waals surface area contributed by atoms with E-state index in [0.717, 1.165) is 49.5 Å². The highest BCUT2D eigenvalue weighted by Crippen LogP contribution is 2.48. The minimum atomic E-state index is -0.919. The average molecular weight is 491 g/mol. The highest BCUT2D eigenvalue weighted by atomic mass is 19.2. The van der Waals surface area contributed by atoms with Crippen LogP contribution in [0.1, 0.15) is 92.9 Å². The van der Waals surface area contributed by atoms with Crippen LogP contribution in [0.5, 0.6) is 0 Å². The molecule has 0 radical (unpaired) electrons. The van der Waals surface area contributed by atoms with Crippen LogP contribution >= 0.6 is 0 Å². The summed E-state index contributed by atoms with van der Waals surface area (Å²) in [5.74, 6) is 5.38. The van der Waals surface area contributed by atoms with E-state index in [1.54, 1.807) is 24.3 Å². The van der Waals surface area contributed by atoms with Crippen molar-refractivity contribution in [2.45, 2.75) is 77.0 Å². The van der Waals surface area contributed by atoms with Gasteiger partial charge in [-0.2, -0.15) is 0 Å². The zero-order valence-electron chi connectivity index (χ0n) is 21.3. The van der Waals surface area contributed by atoms with Crippen molar-refractivity contribution in [3.63, 3.8) is 0 Å². The Hall–Kier alpha value is -2.73. The van der Waals surface area contributed by atoms with Crippen molar-refractivity contribution >= 4 is 0 Å². The zero-order valence-corrected chi connectivity index (χ0v) is 21.3. The topological polar surface area (TPSA) is 0 Å². The Morgan fingerprint density at radius 3 is 2.42 bits per heavy atom. The second kappa shape index (κ2) is 12.5. The highest BCUT2D eigenvalue weighted by Gasteiger charge is 2.36. The SMILES string of the molecule is C=CCCc1ccc(C#Cc2ccc(C3CCC4CC(CC/C=C/C)CCC4C3)c(F)c2F)c(F)c1. The van der Waals surface area contributed by atoms with Gasteiger partial charge < -0.3 is 0 Å². The first-order valence-electron chi connectivity index (χ1n) is 13.5. The number of aryl methyl sites for hydroxylation is 1. The van der Waals surface area contributed by atoms with E-state index in [4.69, 9.17) is 0 Å². The molecular formula is C33H37F3. The standard InChI is InChI=1S/C33H37F3/c1-3-5-7-9-23-11-13-28-22-29(17-16-27(28)20-23)30-19-18-26(32(35)33(30)36)15-14-25-12-10-24(8-6-4-2)21-31(25)34/h3-5,10,12,18-19,21,23,27-29H,2,6-9,11,13,16-17,20,22H2,1H3/b5-3+. The summed E-state index contributed by atoms with van der Waals surface area (Å²) in [4.78, 5) is 0. The lowest BCUT2D eigenvalue weighted by Gasteiger charge is -2.42. The summed E-state index contributed by atoms with van der Waals surface area (Å²) in [7, 11) is 0. The predicted molar refractivity (Wildman–Crippen MR) is 142 cm³/mol. The molecule has 2 saturated carbocycles. The second-order valence-electron chi connectivity index (χ2n) is 10.6. The maximum absolute atomic E-state index is 15.2. The van der Waals surface area contributed by atoms with Crippen LogP contribution in [0.2, 0.25) is 0 Å². The molecule has 2 aliphatic rings. The third-order valence-electron chi connectivity index (χ3n) is 8.25. The molecule has 3 heteroatoms. The molecule has 2 fully saturated rings. The maximum atomic E-state index is 15.2. The van der Waals surface area contributed by atoms with Gasteiger partial charge in [0.05, 0.1) is 11.1 Å². The summed E-state index contributed by atoms with van der Waals surface area (Å²) >= 11 is 0. The quantitative estimate of drug-likeness (QED) is 0.268. The van der Waals surface area contributed by atoms with Gasteiger partial charge >= 0.3 is 0 Å². The van der Waals surface area contributed by atoms with Crippen molar-refractivity contribution in [3.05, 3.63) is 94.8 Å². The largest absolute Gasteiger partial charge is 0.206 e. The fourth-order valence-electron chi connectivity index (χ4n) is 6.22. The molecule has 4 unspecified atom stereocenters. The molecule has 0 nitrogen and oxygen atoms in total. The third-order valence-corrected chi connectivity index (χ3v) is 8.25. The minimum absolute atomic E-state index is 0.0262. The monoisotopic (exact) mass is 490 g/mol. The Morgan fingerprint density at radius 1 is 0.889 bits per heavy atom. The van der Waals surface area contributed by atoms with Crippen LogP contribution in [0, 0.1) is 47.0 Å². The van der Waals surface area contributed by atoms with Crippen molar-refractivity contribution in [1.29, 1.82) is 0 Å². The van der Waals surface area contributed by atoms with Crippen LogP contribution in [-0.2, 0) is 6.42 Å². The van der Waals surface area contributed by atoms with Gasteiger partial charge in [0.1, 0.15) is 5.82 Å². The van der Waals surface area contributed by atoms with Crippen LogP contribution in [0.4, 0.5) is 13.2 Å². The second-order valence-corrected chi connectivity index (χ2v) is 10.6. The van der Waals surface area contributed by atoms with Crippen LogP contribution in [0.3, 0.4) is 0 Å². The molecule has 2 aromatic rings. The van der Waals surface area contributed by atoms with E-state index < -0.39 is 17.5 Å². The van der Waals surface area contributed by atoms with Crippen LogP contribution in [-0.4, -0.2) is 0 Å². The van der Waals surface area contributed by atoms with Gasteiger partial charge in [-0.25, -0.2) is 13.2 Å². The van der Waals surface area contributed by atoms with E-state index in [2.05, 4.69) is 37.5 Å².